The third-order valence-corrected chi connectivity index (χ3v) is 5.19. The molecule has 0 aliphatic rings. The van der Waals surface area contributed by atoms with Crippen molar-refractivity contribution in [3.05, 3.63) is 65.7 Å². The molecule has 0 bridgehead atoms. The van der Waals surface area contributed by atoms with Crippen LogP contribution in [0, 0.1) is 5.92 Å². The predicted molar refractivity (Wildman–Crippen MR) is 114 cm³/mol. The summed E-state index contributed by atoms with van der Waals surface area (Å²) in [6.45, 7) is 6.43. The molecule has 6 heteroatoms. The topological polar surface area (TPSA) is 70.7 Å². The summed E-state index contributed by atoms with van der Waals surface area (Å²) in [6.07, 6.45) is 1.07. The Hall–Kier alpha value is -2.60. The molecule has 28 heavy (non-hydrogen) atoms. The highest BCUT2D eigenvalue weighted by molar-refractivity contribution is 7.99. The van der Waals surface area contributed by atoms with Gasteiger partial charge in [0.2, 0.25) is 11.1 Å². The summed E-state index contributed by atoms with van der Waals surface area (Å²) in [4.78, 5) is 16.7. The predicted octanol–water partition coefficient (Wildman–Crippen LogP) is 4.64. The van der Waals surface area contributed by atoms with E-state index < -0.39 is 0 Å². The van der Waals surface area contributed by atoms with Gasteiger partial charge in [-0.2, -0.15) is 0 Å². The van der Waals surface area contributed by atoms with E-state index in [2.05, 4.69) is 58.6 Å². The molecule has 2 N–H and O–H groups in total. The zero-order valence-corrected chi connectivity index (χ0v) is 17.3. The molecule has 3 rings (SSSR count). The average Bonchev–Trinajstić information content (AvgIpc) is 3.16. The van der Waals surface area contributed by atoms with Gasteiger partial charge in [0.05, 0.1) is 11.8 Å². The fourth-order valence-electron chi connectivity index (χ4n) is 2.95. The van der Waals surface area contributed by atoms with E-state index in [1.165, 1.54) is 17.3 Å². The lowest BCUT2D eigenvalue weighted by Crippen LogP contribution is -2.28. The summed E-state index contributed by atoms with van der Waals surface area (Å²) >= 11 is 1.32. The monoisotopic (exact) mass is 394 g/mol. The Labute approximate surface area is 170 Å². The number of aromatic nitrogens is 3. The van der Waals surface area contributed by atoms with Crippen molar-refractivity contribution < 1.29 is 4.79 Å². The normalized spacial score (nSPS) is 12.1. The molecule has 146 valence electrons. The first-order valence-electron chi connectivity index (χ1n) is 9.50. The zero-order valence-electron chi connectivity index (χ0n) is 16.5. The Morgan fingerprint density at radius 3 is 2.46 bits per heavy atom. The number of aromatic amines is 1. The number of H-pyrrole nitrogens is 1. The third-order valence-electron chi connectivity index (χ3n) is 4.35. The molecule has 0 aliphatic carbocycles. The second-order valence-corrected chi connectivity index (χ2v) is 8.19. The molecular weight excluding hydrogens is 368 g/mol. The number of nitrogens with zero attached hydrogens (tertiary/aromatic N) is 2. The van der Waals surface area contributed by atoms with E-state index in [4.69, 9.17) is 0 Å². The van der Waals surface area contributed by atoms with Crippen LogP contribution in [0.2, 0.25) is 0 Å². The van der Waals surface area contributed by atoms with Gasteiger partial charge in [0.25, 0.3) is 0 Å². The summed E-state index contributed by atoms with van der Waals surface area (Å²) in [5, 5.41) is 10.7. The minimum Gasteiger partial charge on any atom is -0.349 e. The summed E-state index contributed by atoms with van der Waals surface area (Å²) < 4.78 is 0. The van der Waals surface area contributed by atoms with Gasteiger partial charge in [-0.25, -0.2) is 4.98 Å². The summed E-state index contributed by atoms with van der Waals surface area (Å²) in [5.41, 5.74) is 3.41. The Kier molecular flexibility index (Phi) is 6.87. The fourth-order valence-corrected chi connectivity index (χ4v) is 3.56. The number of amides is 1. The SMILES string of the molecule is CC(C)Cc1ccc(C(C)NC(=O)CSc2n[nH]c(-c3ccccc3)n2)cc1. The maximum Gasteiger partial charge on any atom is 0.230 e. The van der Waals surface area contributed by atoms with Gasteiger partial charge in [0.15, 0.2) is 5.82 Å². The van der Waals surface area contributed by atoms with E-state index in [0.29, 0.717) is 16.9 Å². The summed E-state index contributed by atoms with van der Waals surface area (Å²) in [7, 11) is 0. The molecule has 0 aliphatic heterocycles. The van der Waals surface area contributed by atoms with Gasteiger partial charge in [0, 0.05) is 5.56 Å². The highest BCUT2D eigenvalue weighted by Gasteiger charge is 2.12. The van der Waals surface area contributed by atoms with E-state index in [-0.39, 0.29) is 17.7 Å². The number of carbonyl (C=O) groups excluding carboxylic acids is 1. The number of thioether (sulfide) groups is 1. The van der Waals surface area contributed by atoms with Crippen LogP contribution < -0.4 is 5.32 Å². The van der Waals surface area contributed by atoms with E-state index in [0.717, 1.165) is 17.5 Å². The number of carbonyl (C=O) groups is 1. The highest BCUT2D eigenvalue weighted by Crippen LogP contribution is 2.19. The second-order valence-electron chi connectivity index (χ2n) is 7.25. The summed E-state index contributed by atoms with van der Waals surface area (Å²) in [5.74, 6) is 1.59. The number of benzene rings is 2. The van der Waals surface area contributed by atoms with Crippen molar-refractivity contribution in [2.75, 3.05) is 5.75 Å². The van der Waals surface area contributed by atoms with Crippen LogP contribution in [0.15, 0.2) is 59.8 Å². The highest BCUT2D eigenvalue weighted by atomic mass is 32.2. The van der Waals surface area contributed by atoms with E-state index in [9.17, 15) is 4.79 Å². The first kappa shape index (κ1) is 20.1. The van der Waals surface area contributed by atoms with Crippen molar-refractivity contribution in [2.24, 2.45) is 5.92 Å². The summed E-state index contributed by atoms with van der Waals surface area (Å²) in [6, 6.07) is 18.2. The quantitative estimate of drug-likeness (QED) is 0.546. The van der Waals surface area contributed by atoms with Crippen molar-refractivity contribution in [1.29, 1.82) is 0 Å². The van der Waals surface area contributed by atoms with Gasteiger partial charge in [-0.1, -0.05) is 80.2 Å². The van der Waals surface area contributed by atoms with Crippen LogP contribution in [-0.4, -0.2) is 26.8 Å². The average molecular weight is 395 g/mol. The van der Waals surface area contributed by atoms with E-state index in [1.54, 1.807) is 0 Å². The van der Waals surface area contributed by atoms with Crippen molar-refractivity contribution in [2.45, 2.75) is 38.4 Å². The zero-order chi connectivity index (χ0) is 19.9. The lowest BCUT2D eigenvalue weighted by Gasteiger charge is -2.15. The molecule has 0 radical (unpaired) electrons. The van der Waals surface area contributed by atoms with Crippen LogP contribution in [0.4, 0.5) is 0 Å². The van der Waals surface area contributed by atoms with Crippen molar-refractivity contribution in [3.63, 3.8) is 0 Å². The van der Waals surface area contributed by atoms with Crippen molar-refractivity contribution in [1.82, 2.24) is 20.5 Å². The largest absolute Gasteiger partial charge is 0.349 e. The molecule has 1 aromatic heterocycles. The second kappa shape index (κ2) is 9.55. The first-order chi connectivity index (χ1) is 13.5. The minimum absolute atomic E-state index is 0.0326. The van der Waals surface area contributed by atoms with Crippen LogP contribution >= 0.6 is 11.8 Å². The molecule has 5 nitrogen and oxygen atoms in total. The Morgan fingerprint density at radius 1 is 1.07 bits per heavy atom. The fraction of sp³-hybridized carbons (Fsp3) is 0.318. The minimum atomic E-state index is -0.0341. The van der Waals surface area contributed by atoms with Crippen molar-refractivity contribution >= 4 is 17.7 Å². The lowest BCUT2D eigenvalue weighted by atomic mass is 10.00. The van der Waals surface area contributed by atoms with Gasteiger partial charge in [-0.15, -0.1) is 5.10 Å². The standard InChI is InChI=1S/C22H26N4OS/c1-15(2)13-17-9-11-18(12-10-17)16(3)23-20(27)14-28-22-24-21(25-26-22)19-7-5-4-6-8-19/h4-12,15-16H,13-14H2,1-3H3,(H,23,27)(H,24,25,26). The van der Waals surface area contributed by atoms with Crippen LogP contribution in [-0.2, 0) is 11.2 Å². The first-order valence-corrected chi connectivity index (χ1v) is 10.5. The number of nitrogens with one attached hydrogen (secondary N) is 2. The van der Waals surface area contributed by atoms with Gasteiger partial charge in [0.1, 0.15) is 0 Å². The molecule has 0 saturated heterocycles. The van der Waals surface area contributed by atoms with Gasteiger partial charge in [-0.05, 0) is 30.4 Å². The number of hydrogen-bond acceptors (Lipinski definition) is 4. The smallest absolute Gasteiger partial charge is 0.230 e. The molecule has 0 spiro atoms. The Balaban J connectivity index is 1.49. The van der Waals surface area contributed by atoms with Crippen LogP contribution in [0.1, 0.15) is 37.9 Å². The van der Waals surface area contributed by atoms with E-state index in [1.807, 2.05) is 37.3 Å². The molecule has 3 aromatic rings. The molecule has 1 atom stereocenters. The molecule has 0 saturated carbocycles. The maximum atomic E-state index is 12.3. The Morgan fingerprint density at radius 2 is 1.79 bits per heavy atom. The maximum absolute atomic E-state index is 12.3. The molecule has 1 heterocycles. The van der Waals surface area contributed by atoms with Crippen LogP contribution in [0.5, 0.6) is 0 Å². The molecule has 2 aromatic carbocycles. The van der Waals surface area contributed by atoms with Gasteiger partial charge in [-0.3, -0.25) is 9.89 Å². The lowest BCUT2D eigenvalue weighted by molar-refractivity contribution is -0.119. The van der Waals surface area contributed by atoms with Crippen molar-refractivity contribution in [3.8, 4) is 11.4 Å². The molecule has 1 amide bonds. The number of hydrogen-bond donors (Lipinski definition) is 2. The van der Waals surface area contributed by atoms with Crippen LogP contribution in [0.25, 0.3) is 11.4 Å². The number of rotatable bonds is 8. The third kappa shape index (κ3) is 5.70. The molecular formula is C22H26N4OS. The van der Waals surface area contributed by atoms with Gasteiger partial charge >= 0.3 is 0 Å². The molecule has 0 fully saturated rings. The van der Waals surface area contributed by atoms with Gasteiger partial charge < -0.3 is 5.32 Å². The molecule has 1 unspecified atom stereocenters. The van der Waals surface area contributed by atoms with E-state index >= 15 is 0 Å². The van der Waals surface area contributed by atoms with Crippen LogP contribution in [0.3, 0.4) is 0 Å². The Bertz CT molecular complexity index is 890.